The quantitative estimate of drug-likeness (QED) is 0.683. The summed E-state index contributed by atoms with van der Waals surface area (Å²) in [5.41, 5.74) is 5.69. The molecule has 92 valence electrons. The lowest BCUT2D eigenvalue weighted by atomic mass is 10.1. The van der Waals surface area contributed by atoms with Crippen LogP contribution in [0.25, 0.3) is 0 Å². The highest BCUT2D eigenvalue weighted by atomic mass is 16.3. The molecule has 1 amide bonds. The predicted octanol–water partition coefficient (Wildman–Crippen LogP) is -0.0504. The molecule has 0 bridgehead atoms. The van der Waals surface area contributed by atoms with E-state index >= 15 is 0 Å². The Labute approximate surface area is 99.3 Å². The first-order valence-corrected chi connectivity index (χ1v) is 5.71. The number of carbonyl (C=O) groups excluding carboxylic acids is 1. The number of aliphatic hydroxyl groups is 1. The van der Waals surface area contributed by atoms with E-state index in [4.69, 9.17) is 5.73 Å². The molecule has 4 N–H and O–H groups in total. The minimum Gasteiger partial charge on any atom is -0.393 e. The van der Waals surface area contributed by atoms with Crippen LogP contribution < -0.4 is 11.1 Å². The standard InChI is InChI=1S/C11H16N4O2/c12-10-9(13-4-5-14-10)11(17)15-6-7-2-1-3-8(7)16/h4-5,7-8,16H,1-3,6H2,(H2,12,14)(H,15,17). The minimum atomic E-state index is -0.338. The number of carbonyl (C=O) groups is 1. The van der Waals surface area contributed by atoms with Gasteiger partial charge in [-0.25, -0.2) is 9.97 Å². The molecule has 1 aromatic heterocycles. The number of aliphatic hydroxyl groups excluding tert-OH is 1. The van der Waals surface area contributed by atoms with Gasteiger partial charge in [-0.3, -0.25) is 4.79 Å². The van der Waals surface area contributed by atoms with Gasteiger partial charge in [-0.05, 0) is 12.8 Å². The molecular weight excluding hydrogens is 220 g/mol. The third-order valence-corrected chi connectivity index (χ3v) is 3.09. The number of aromatic nitrogens is 2. The van der Waals surface area contributed by atoms with E-state index in [1.807, 2.05) is 0 Å². The average Bonchev–Trinajstić information content (AvgIpc) is 2.72. The zero-order valence-electron chi connectivity index (χ0n) is 9.47. The smallest absolute Gasteiger partial charge is 0.273 e. The molecule has 1 saturated carbocycles. The number of nitrogens with zero attached hydrogens (tertiary/aromatic N) is 2. The van der Waals surface area contributed by atoms with Crippen molar-refractivity contribution in [3.8, 4) is 0 Å². The summed E-state index contributed by atoms with van der Waals surface area (Å²) < 4.78 is 0. The van der Waals surface area contributed by atoms with Gasteiger partial charge in [0.25, 0.3) is 5.91 Å². The Morgan fingerprint density at radius 3 is 2.88 bits per heavy atom. The molecule has 6 heteroatoms. The molecule has 1 fully saturated rings. The van der Waals surface area contributed by atoms with Crippen molar-refractivity contribution in [1.82, 2.24) is 15.3 Å². The van der Waals surface area contributed by atoms with Gasteiger partial charge in [-0.2, -0.15) is 0 Å². The van der Waals surface area contributed by atoms with Crippen LogP contribution in [-0.4, -0.2) is 33.6 Å². The first-order valence-electron chi connectivity index (χ1n) is 5.71. The van der Waals surface area contributed by atoms with E-state index in [1.165, 1.54) is 12.4 Å². The molecule has 2 unspecified atom stereocenters. The molecule has 2 rings (SSSR count). The topological polar surface area (TPSA) is 101 Å². The van der Waals surface area contributed by atoms with Gasteiger partial charge < -0.3 is 16.2 Å². The number of nitrogen functional groups attached to an aromatic ring is 1. The van der Waals surface area contributed by atoms with E-state index < -0.39 is 0 Å². The summed E-state index contributed by atoms with van der Waals surface area (Å²) in [5.74, 6) is -0.0801. The van der Waals surface area contributed by atoms with Gasteiger partial charge in [0.15, 0.2) is 11.5 Å². The molecule has 6 nitrogen and oxygen atoms in total. The van der Waals surface area contributed by atoms with E-state index in [0.29, 0.717) is 6.54 Å². The molecule has 1 aromatic rings. The molecule has 0 saturated heterocycles. The van der Waals surface area contributed by atoms with Crippen molar-refractivity contribution >= 4 is 11.7 Å². The van der Waals surface area contributed by atoms with Gasteiger partial charge in [-0.1, -0.05) is 6.42 Å². The second-order valence-corrected chi connectivity index (χ2v) is 4.26. The Morgan fingerprint density at radius 2 is 2.24 bits per heavy atom. The molecule has 17 heavy (non-hydrogen) atoms. The normalized spacial score (nSPS) is 23.6. The van der Waals surface area contributed by atoms with E-state index in [1.54, 1.807) is 0 Å². The monoisotopic (exact) mass is 236 g/mol. The number of anilines is 1. The fourth-order valence-electron chi connectivity index (χ4n) is 2.09. The maximum absolute atomic E-state index is 11.8. The lowest BCUT2D eigenvalue weighted by Crippen LogP contribution is -2.33. The van der Waals surface area contributed by atoms with Crippen molar-refractivity contribution in [3.05, 3.63) is 18.1 Å². The Kier molecular flexibility index (Phi) is 3.53. The summed E-state index contributed by atoms with van der Waals surface area (Å²) in [7, 11) is 0. The van der Waals surface area contributed by atoms with Crippen molar-refractivity contribution in [1.29, 1.82) is 0 Å². The number of rotatable bonds is 3. The fraction of sp³-hybridized carbons (Fsp3) is 0.545. The van der Waals surface area contributed by atoms with Crippen molar-refractivity contribution in [2.24, 2.45) is 5.92 Å². The zero-order valence-corrected chi connectivity index (χ0v) is 9.47. The lowest BCUT2D eigenvalue weighted by Gasteiger charge is -2.14. The van der Waals surface area contributed by atoms with Gasteiger partial charge in [0, 0.05) is 24.9 Å². The van der Waals surface area contributed by atoms with Gasteiger partial charge in [0.1, 0.15) is 0 Å². The molecule has 0 spiro atoms. The number of nitrogens with two attached hydrogens (primary N) is 1. The molecule has 1 aliphatic carbocycles. The highest BCUT2D eigenvalue weighted by Gasteiger charge is 2.25. The van der Waals surface area contributed by atoms with E-state index in [2.05, 4.69) is 15.3 Å². The van der Waals surface area contributed by atoms with Crippen LogP contribution >= 0.6 is 0 Å². The first-order chi connectivity index (χ1) is 8.18. The van der Waals surface area contributed by atoms with Gasteiger partial charge in [0.05, 0.1) is 6.10 Å². The minimum absolute atomic E-state index is 0.122. The molecule has 2 atom stereocenters. The highest BCUT2D eigenvalue weighted by molar-refractivity contribution is 5.96. The lowest BCUT2D eigenvalue weighted by molar-refractivity contribution is 0.0912. The number of amides is 1. The van der Waals surface area contributed by atoms with Crippen LogP contribution in [0.4, 0.5) is 5.82 Å². The number of hydrogen-bond donors (Lipinski definition) is 3. The van der Waals surface area contributed by atoms with Crippen LogP contribution in [0.3, 0.4) is 0 Å². The van der Waals surface area contributed by atoms with Crippen LogP contribution in [0.1, 0.15) is 29.8 Å². The molecule has 0 radical (unpaired) electrons. The van der Waals surface area contributed by atoms with Crippen LogP contribution in [0, 0.1) is 5.92 Å². The fourth-order valence-corrected chi connectivity index (χ4v) is 2.09. The SMILES string of the molecule is Nc1nccnc1C(=O)NCC1CCCC1O. The van der Waals surface area contributed by atoms with Crippen LogP contribution in [-0.2, 0) is 0 Å². The van der Waals surface area contributed by atoms with Crippen molar-refractivity contribution in [3.63, 3.8) is 0 Å². The van der Waals surface area contributed by atoms with Gasteiger partial charge >= 0.3 is 0 Å². The van der Waals surface area contributed by atoms with Crippen molar-refractivity contribution < 1.29 is 9.90 Å². The molecule has 1 heterocycles. The average molecular weight is 236 g/mol. The summed E-state index contributed by atoms with van der Waals surface area (Å²) >= 11 is 0. The summed E-state index contributed by atoms with van der Waals surface area (Å²) in [6, 6.07) is 0. The van der Waals surface area contributed by atoms with Crippen LogP contribution in [0.15, 0.2) is 12.4 Å². The largest absolute Gasteiger partial charge is 0.393 e. The Bertz CT molecular complexity index is 410. The van der Waals surface area contributed by atoms with Crippen LogP contribution in [0.2, 0.25) is 0 Å². The van der Waals surface area contributed by atoms with E-state index in [0.717, 1.165) is 19.3 Å². The Hall–Kier alpha value is -1.69. The second kappa shape index (κ2) is 5.09. The van der Waals surface area contributed by atoms with E-state index in [9.17, 15) is 9.90 Å². The molecule has 0 aromatic carbocycles. The number of hydrogen-bond acceptors (Lipinski definition) is 5. The summed E-state index contributed by atoms with van der Waals surface area (Å²) in [4.78, 5) is 19.4. The van der Waals surface area contributed by atoms with Crippen molar-refractivity contribution in [2.45, 2.75) is 25.4 Å². The van der Waals surface area contributed by atoms with E-state index in [-0.39, 0.29) is 29.4 Å². The molecule has 0 aliphatic heterocycles. The maximum atomic E-state index is 11.8. The second-order valence-electron chi connectivity index (χ2n) is 4.26. The summed E-state index contributed by atoms with van der Waals surface area (Å²) in [6.45, 7) is 0.454. The van der Waals surface area contributed by atoms with Crippen LogP contribution in [0.5, 0.6) is 0 Å². The molecule has 1 aliphatic rings. The maximum Gasteiger partial charge on any atom is 0.273 e. The third kappa shape index (κ3) is 2.71. The Balaban J connectivity index is 1.91. The molecular formula is C11H16N4O2. The highest BCUT2D eigenvalue weighted by Crippen LogP contribution is 2.24. The van der Waals surface area contributed by atoms with Gasteiger partial charge in [0.2, 0.25) is 0 Å². The first kappa shape index (κ1) is 11.8. The Morgan fingerprint density at radius 1 is 1.47 bits per heavy atom. The summed E-state index contributed by atoms with van der Waals surface area (Å²) in [6.07, 6.45) is 5.32. The van der Waals surface area contributed by atoms with Crippen molar-refractivity contribution in [2.75, 3.05) is 12.3 Å². The predicted molar refractivity (Wildman–Crippen MR) is 62.1 cm³/mol. The van der Waals surface area contributed by atoms with Gasteiger partial charge in [-0.15, -0.1) is 0 Å². The third-order valence-electron chi connectivity index (χ3n) is 3.09. The summed E-state index contributed by atoms with van der Waals surface area (Å²) in [5, 5.41) is 12.4. The zero-order chi connectivity index (χ0) is 12.3. The number of nitrogens with one attached hydrogen (secondary N) is 1.